The molecule has 3 aromatic rings. The van der Waals surface area contributed by atoms with E-state index in [-0.39, 0.29) is 16.2 Å². The lowest BCUT2D eigenvalue weighted by Gasteiger charge is -2.14. The smallest absolute Gasteiger partial charge is 0.341 e. The Morgan fingerprint density at radius 1 is 0.935 bits per heavy atom. The van der Waals surface area contributed by atoms with Crippen LogP contribution in [0.25, 0.3) is 0 Å². The predicted octanol–water partition coefficient (Wildman–Crippen LogP) is 3.95. The maximum Gasteiger partial charge on any atom is 0.341 e. The van der Waals surface area contributed by atoms with Gasteiger partial charge in [0, 0.05) is 6.26 Å². The quantitative estimate of drug-likeness (QED) is 0.534. The molecular formula is C24H24O6S. The lowest BCUT2D eigenvalue weighted by molar-refractivity contribution is 0.0597. The largest absolute Gasteiger partial charge is 0.507 e. The van der Waals surface area contributed by atoms with Gasteiger partial charge in [-0.3, -0.25) is 0 Å². The first-order chi connectivity index (χ1) is 14.8. The van der Waals surface area contributed by atoms with Gasteiger partial charge in [-0.2, -0.15) is 0 Å². The van der Waals surface area contributed by atoms with Gasteiger partial charge in [0.25, 0.3) is 0 Å². The third-order valence-corrected chi connectivity index (χ3v) is 5.96. The molecule has 6 nitrogen and oxygen atoms in total. The van der Waals surface area contributed by atoms with Gasteiger partial charge < -0.3 is 14.6 Å². The second kappa shape index (κ2) is 9.66. The van der Waals surface area contributed by atoms with Gasteiger partial charge in [-0.1, -0.05) is 36.4 Å². The van der Waals surface area contributed by atoms with Gasteiger partial charge in [-0.25, -0.2) is 13.2 Å². The maximum atomic E-state index is 12.0. The molecule has 0 aliphatic rings. The van der Waals surface area contributed by atoms with Crippen LogP contribution >= 0.6 is 0 Å². The normalized spacial score (nSPS) is 11.2. The van der Waals surface area contributed by atoms with Crippen molar-refractivity contribution in [3.8, 4) is 11.5 Å². The molecule has 1 N–H and O–H groups in total. The highest BCUT2D eigenvalue weighted by Crippen LogP contribution is 2.27. The van der Waals surface area contributed by atoms with Crippen molar-refractivity contribution in [3.05, 3.63) is 89.0 Å². The Labute approximate surface area is 182 Å². The van der Waals surface area contributed by atoms with Crippen LogP contribution < -0.4 is 4.74 Å². The average molecular weight is 441 g/mol. The van der Waals surface area contributed by atoms with Crippen molar-refractivity contribution in [2.24, 2.45) is 0 Å². The zero-order valence-corrected chi connectivity index (χ0v) is 18.2. The van der Waals surface area contributed by atoms with E-state index in [1.165, 1.54) is 31.6 Å². The monoisotopic (exact) mass is 440 g/mol. The molecule has 0 fully saturated rings. The molecule has 3 aromatic carbocycles. The molecular weight excluding hydrogens is 416 g/mol. The summed E-state index contributed by atoms with van der Waals surface area (Å²) in [5, 5.41) is 10.1. The van der Waals surface area contributed by atoms with Crippen LogP contribution in [0.4, 0.5) is 0 Å². The number of phenols is 1. The van der Waals surface area contributed by atoms with Crippen molar-refractivity contribution >= 4 is 15.8 Å². The summed E-state index contributed by atoms with van der Waals surface area (Å²) >= 11 is 0. The topological polar surface area (TPSA) is 89.9 Å². The van der Waals surface area contributed by atoms with Crippen molar-refractivity contribution in [1.29, 1.82) is 0 Å². The molecule has 31 heavy (non-hydrogen) atoms. The lowest BCUT2D eigenvalue weighted by atomic mass is 10.0. The summed E-state index contributed by atoms with van der Waals surface area (Å²) in [5.74, 6) is -0.164. The first-order valence-electron chi connectivity index (χ1n) is 9.68. The molecule has 0 heterocycles. The third kappa shape index (κ3) is 5.86. The number of benzene rings is 3. The molecule has 7 heteroatoms. The molecule has 0 spiro atoms. The molecule has 162 valence electrons. The van der Waals surface area contributed by atoms with E-state index in [1.54, 1.807) is 18.2 Å². The third-order valence-electron chi connectivity index (χ3n) is 4.85. The van der Waals surface area contributed by atoms with E-state index >= 15 is 0 Å². The van der Waals surface area contributed by atoms with Gasteiger partial charge in [0.05, 0.1) is 12.0 Å². The number of aryl methyl sites for hydroxylation is 2. The number of hydrogen-bond acceptors (Lipinski definition) is 6. The Hall–Kier alpha value is -3.32. The van der Waals surface area contributed by atoms with Gasteiger partial charge in [-0.15, -0.1) is 0 Å². The van der Waals surface area contributed by atoms with Crippen LogP contribution in [0.3, 0.4) is 0 Å². The average Bonchev–Trinajstić information content (AvgIpc) is 2.76. The minimum Gasteiger partial charge on any atom is -0.507 e. The van der Waals surface area contributed by atoms with Crippen LogP contribution in [0.2, 0.25) is 0 Å². The van der Waals surface area contributed by atoms with Crippen molar-refractivity contribution in [2.45, 2.75) is 24.3 Å². The van der Waals surface area contributed by atoms with Crippen LogP contribution in [-0.2, 0) is 34.0 Å². The second-order valence-electron chi connectivity index (χ2n) is 7.16. The van der Waals surface area contributed by atoms with E-state index in [1.807, 2.05) is 30.3 Å². The molecule has 0 aliphatic heterocycles. The molecule has 0 bridgehead atoms. The van der Waals surface area contributed by atoms with Crippen LogP contribution in [0, 0.1) is 0 Å². The Bertz CT molecular complexity index is 1170. The van der Waals surface area contributed by atoms with Gasteiger partial charge in [0.15, 0.2) is 9.84 Å². The summed E-state index contributed by atoms with van der Waals surface area (Å²) in [4.78, 5) is 11.9. The van der Waals surface area contributed by atoms with Crippen LogP contribution in [0.5, 0.6) is 11.5 Å². The van der Waals surface area contributed by atoms with Crippen molar-refractivity contribution < 1.29 is 27.8 Å². The second-order valence-corrected chi connectivity index (χ2v) is 9.17. The Morgan fingerprint density at radius 2 is 1.68 bits per heavy atom. The summed E-state index contributed by atoms with van der Waals surface area (Å²) in [6, 6.07) is 19.3. The number of sulfone groups is 1. The van der Waals surface area contributed by atoms with E-state index in [2.05, 4.69) is 4.74 Å². The lowest BCUT2D eigenvalue weighted by Crippen LogP contribution is -2.04. The number of aromatic hydroxyl groups is 1. The summed E-state index contributed by atoms with van der Waals surface area (Å²) in [5.41, 5.74) is 2.64. The van der Waals surface area contributed by atoms with Crippen molar-refractivity contribution in [1.82, 2.24) is 0 Å². The number of ether oxygens (including phenoxy) is 2. The number of phenolic OH excluding ortho intramolecular Hbond substituents is 1. The first-order valence-corrected chi connectivity index (χ1v) is 11.6. The van der Waals surface area contributed by atoms with E-state index in [4.69, 9.17) is 4.74 Å². The fraction of sp³-hybridized carbons (Fsp3) is 0.208. The molecule has 0 atom stereocenters. The zero-order valence-electron chi connectivity index (χ0n) is 17.4. The molecule has 0 amide bonds. The fourth-order valence-corrected chi connectivity index (χ4v) is 3.82. The molecule has 0 saturated carbocycles. The summed E-state index contributed by atoms with van der Waals surface area (Å²) < 4.78 is 34.6. The molecule has 0 unspecified atom stereocenters. The standard InChI is InChI=1S/C24H24O6S/c1-29-24(26)21-12-9-17(14-22(21)25)8-10-19-15-20(31(2,27)28)11-13-23(19)30-16-18-6-4-3-5-7-18/h3-7,9,11-15,25H,8,10,16H2,1-2H3. The van der Waals surface area contributed by atoms with E-state index in [0.717, 1.165) is 16.7 Å². The summed E-state index contributed by atoms with van der Waals surface area (Å²) in [6.07, 6.45) is 2.18. The van der Waals surface area contributed by atoms with Crippen LogP contribution in [-0.4, -0.2) is 32.9 Å². The summed E-state index contributed by atoms with van der Waals surface area (Å²) in [6.45, 7) is 0.362. The molecule has 0 radical (unpaired) electrons. The molecule has 0 aromatic heterocycles. The van der Waals surface area contributed by atoms with Crippen molar-refractivity contribution in [3.63, 3.8) is 0 Å². The number of hydrogen-bond donors (Lipinski definition) is 1. The maximum absolute atomic E-state index is 12.0. The number of carbonyl (C=O) groups excluding carboxylic acids is 1. The Balaban J connectivity index is 1.82. The molecule has 3 rings (SSSR count). The van der Waals surface area contributed by atoms with Crippen molar-refractivity contribution in [2.75, 3.05) is 13.4 Å². The van der Waals surface area contributed by atoms with Gasteiger partial charge in [-0.05, 0) is 59.9 Å². The van der Waals surface area contributed by atoms with E-state index in [9.17, 15) is 18.3 Å². The van der Waals surface area contributed by atoms with Gasteiger partial charge in [0.1, 0.15) is 23.7 Å². The van der Waals surface area contributed by atoms with Crippen LogP contribution in [0.1, 0.15) is 27.0 Å². The highest BCUT2D eigenvalue weighted by atomic mass is 32.2. The SMILES string of the molecule is COC(=O)c1ccc(CCc2cc(S(C)(=O)=O)ccc2OCc2ccccc2)cc1O. The summed E-state index contributed by atoms with van der Waals surface area (Å²) in [7, 11) is -2.11. The number of esters is 1. The van der Waals surface area contributed by atoms with E-state index in [0.29, 0.717) is 25.2 Å². The van der Waals surface area contributed by atoms with Gasteiger partial charge >= 0.3 is 5.97 Å². The Kier molecular flexibility index (Phi) is 6.97. The minimum atomic E-state index is -3.36. The Morgan fingerprint density at radius 3 is 2.32 bits per heavy atom. The number of carbonyl (C=O) groups is 1. The van der Waals surface area contributed by atoms with Crippen LogP contribution in [0.15, 0.2) is 71.6 Å². The zero-order chi connectivity index (χ0) is 22.4. The highest BCUT2D eigenvalue weighted by molar-refractivity contribution is 7.90. The first kappa shape index (κ1) is 22.4. The predicted molar refractivity (Wildman–Crippen MR) is 117 cm³/mol. The highest BCUT2D eigenvalue weighted by Gasteiger charge is 2.14. The van der Waals surface area contributed by atoms with Gasteiger partial charge in [0.2, 0.25) is 0 Å². The number of methoxy groups -OCH3 is 1. The molecule has 0 aliphatic carbocycles. The minimum absolute atomic E-state index is 0.0946. The van der Waals surface area contributed by atoms with E-state index < -0.39 is 15.8 Å². The molecule has 0 saturated heterocycles. The fourth-order valence-electron chi connectivity index (χ4n) is 3.15. The number of rotatable bonds is 8.